The van der Waals surface area contributed by atoms with Crippen molar-refractivity contribution in [2.75, 3.05) is 0 Å². The number of amides is 1. The number of ether oxygens (including phenoxy) is 2. The number of carbonyl (C=O) groups excluding carboxylic acids is 2. The van der Waals surface area contributed by atoms with Gasteiger partial charge in [0.25, 0.3) is 0 Å². The summed E-state index contributed by atoms with van der Waals surface area (Å²) in [5.74, 6) is -0.473. The largest absolute Gasteiger partial charge is 0.424 e. The van der Waals surface area contributed by atoms with Crippen molar-refractivity contribution in [3.05, 3.63) is 19.6 Å². The normalized spacial score (nSPS) is 13.1. The van der Waals surface area contributed by atoms with Crippen LogP contribution < -0.4 is 15.2 Å². The third kappa shape index (κ3) is 3.80. The molecule has 2 N–H and O–H groups in total. The average molecular weight is 472 g/mol. The van der Waals surface area contributed by atoms with Crippen LogP contribution in [0.5, 0.6) is 11.5 Å². The van der Waals surface area contributed by atoms with Gasteiger partial charge < -0.3 is 15.2 Å². The standard InChI is InChI=1S/C17H5N5O4S4/c1-6(23)25-9-11-13(29-15(27-11)7(2-18)3-19)10(26-17(22)24)14-12(9)28-16(30-14)8(4-20)5-21/h1H3,(H2,22,24). The van der Waals surface area contributed by atoms with Crippen LogP contribution in [-0.2, 0) is 4.79 Å². The van der Waals surface area contributed by atoms with Crippen LogP contribution in [-0.4, -0.2) is 12.1 Å². The molecule has 0 fully saturated rings. The van der Waals surface area contributed by atoms with Gasteiger partial charge in [0.1, 0.15) is 35.4 Å². The van der Waals surface area contributed by atoms with Gasteiger partial charge >= 0.3 is 12.1 Å². The Bertz CT molecular complexity index is 1090. The van der Waals surface area contributed by atoms with Gasteiger partial charge in [-0.1, -0.05) is 47.0 Å². The van der Waals surface area contributed by atoms with E-state index < -0.39 is 12.1 Å². The van der Waals surface area contributed by atoms with E-state index >= 15 is 0 Å². The zero-order valence-corrected chi connectivity index (χ0v) is 17.9. The molecule has 2 heterocycles. The quantitative estimate of drug-likeness (QED) is 0.373. The van der Waals surface area contributed by atoms with E-state index in [1.54, 1.807) is 24.3 Å². The Morgan fingerprint density at radius 1 is 0.733 bits per heavy atom. The number of thioether (sulfide) groups is 4. The van der Waals surface area contributed by atoms with Gasteiger partial charge in [-0.15, -0.1) is 0 Å². The Labute approximate surface area is 186 Å². The highest BCUT2D eigenvalue weighted by molar-refractivity contribution is 8.26. The lowest BCUT2D eigenvalue weighted by molar-refractivity contribution is -0.132. The first-order chi connectivity index (χ1) is 14.3. The van der Waals surface area contributed by atoms with Crippen molar-refractivity contribution in [3.8, 4) is 35.8 Å². The molecule has 2 aliphatic rings. The van der Waals surface area contributed by atoms with Crippen molar-refractivity contribution in [2.24, 2.45) is 5.73 Å². The summed E-state index contributed by atoms with van der Waals surface area (Å²) >= 11 is 4.01. The lowest BCUT2D eigenvalue weighted by Crippen LogP contribution is -2.17. The van der Waals surface area contributed by atoms with E-state index in [4.69, 9.17) is 15.2 Å². The van der Waals surface area contributed by atoms with Crippen molar-refractivity contribution < 1.29 is 19.1 Å². The van der Waals surface area contributed by atoms with Crippen LogP contribution in [0.25, 0.3) is 0 Å². The fraction of sp³-hybridized carbons (Fsp3) is 0.0588. The van der Waals surface area contributed by atoms with Gasteiger partial charge in [0.05, 0.1) is 28.1 Å². The Hall–Kier alpha value is -3.20. The molecule has 1 aromatic rings. The average Bonchev–Trinajstić information content (AvgIpc) is 3.31. The third-order valence-electron chi connectivity index (χ3n) is 3.32. The van der Waals surface area contributed by atoms with E-state index in [1.165, 1.54) is 6.92 Å². The number of hydrogen-bond donors (Lipinski definition) is 1. The van der Waals surface area contributed by atoms with Crippen LogP contribution in [0.3, 0.4) is 0 Å². The van der Waals surface area contributed by atoms with Crippen molar-refractivity contribution in [2.45, 2.75) is 26.5 Å². The van der Waals surface area contributed by atoms with Gasteiger partial charge in [-0.25, -0.2) is 4.79 Å². The van der Waals surface area contributed by atoms with Crippen LogP contribution >= 0.6 is 47.0 Å². The van der Waals surface area contributed by atoms with Crippen LogP contribution in [0.4, 0.5) is 4.79 Å². The second kappa shape index (κ2) is 8.66. The summed E-state index contributed by atoms with van der Waals surface area (Å²) in [5, 5.41) is 36.8. The summed E-state index contributed by atoms with van der Waals surface area (Å²) in [4.78, 5) is 24.6. The summed E-state index contributed by atoms with van der Waals surface area (Å²) < 4.78 is 11.2. The monoisotopic (exact) mass is 471 g/mol. The number of nitrogens with two attached hydrogens (primary N) is 1. The second-order valence-corrected chi connectivity index (χ2v) is 9.77. The minimum absolute atomic E-state index is 0.0360. The van der Waals surface area contributed by atoms with Gasteiger partial charge in [-0.2, -0.15) is 21.0 Å². The zero-order chi connectivity index (χ0) is 22.0. The molecule has 13 heteroatoms. The third-order valence-corrected chi connectivity index (χ3v) is 8.51. The first kappa shape index (κ1) is 21.5. The number of allylic oxidation sites excluding steroid dienone is 2. The minimum Gasteiger partial charge on any atom is -0.424 e. The Morgan fingerprint density at radius 3 is 1.33 bits per heavy atom. The van der Waals surface area contributed by atoms with Gasteiger partial charge in [0.15, 0.2) is 11.5 Å². The van der Waals surface area contributed by atoms with Gasteiger partial charge in [0.2, 0.25) is 0 Å². The molecule has 0 spiro atoms. The molecule has 0 radical (unpaired) electrons. The molecule has 0 aliphatic carbocycles. The lowest BCUT2D eigenvalue weighted by Gasteiger charge is -2.15. The van der Waals surface area contributed by atoms with E-state index in [0.717, 1.165) is 47.0 Å². The molecule has 2 aliphatic heterocycles. The molecule has 0 aromatic heterocycles. The highest BCUT2D eigenvalue weighted by Gasteiger charge is 2.39. The Morgan fingerprint density at radius 2 is 1.07 bits per heavy atom. The maximum Gasteiger partial charge on any atom is 0.410 e. The zero-order valence-electron chi connectivity index (χ0n) is 14.6. The lowest BCUT2D eigenvalue weighted by atomic mass is 10.3. The van der Waals surface area contributed by atoms with Gasteiger partial charge in [-0.05, 0) is 0 Å². The van der Waals surface area contributed by atoms with Crippen molar-refractivity contribution in [1.29, 1.82) is 21.0 Å². The van der Waals surface area contributed by atoms with Crippen molar-refractivity contribution in [3.63, 3.8) is 0 Å². The minimum atomic E-state index is -1.10. The highest BCUT2D eigenvalue weighted by atomic mass is 32.2. The summed E-state index contributed by atoms with van der Waals surface area (Å²) in [6, 6.07) is 7.16. The molecule has 0 bridgehead atoms. The summed E-state index contributed by atoms with van der Waals surface area (Å²) in [5.41, 5.74) is 4.90. The number of nitriles is 4. The molecule has 3 rings (SSSR count). The molecule has 30 heavy (non-hydrogen) atoms. The molecule has 1 amide bonds. The first-order valence-electron chi connectivity index (χ1n) is 7.54. The predicted molar refractivity (Wildman–Crippen MR) is 108 cm³/mol. The van der Waals surface area contributed by atoms with Crippen LogP contribution in [0, 0.1) is 45.3 Å². The first-order valence-corrected chi connectivity index (χ1v) is 10.8. The summed E-state index contributed by atoms with van der Waals surface area (Å²) in [6.45, 7) is 1.20. The predicted octanol–water partition coefficient (Wildman–Crippen LogP) is 3.98. The SMILES string of the molecule is CC(=O)Oc1c2c(c(OC(N)=O)c3c1SC(=C(C#N)C#N)S3)SC(=C(C#N)C#N)S2. The number of rotatable bonds is 2. The molecule has 1 aromatic carbocycles. The van der Waals surface area contributed by atoms with E-state index in [0.29, 0.717) is 28.1 Å². The molecule has 0 saturated carbocycles. The molecular weight excluding hydrogens is 466 g/mol. The summed E-state index contributed by atoms with van der Waals surface area (Å²) in [7, 11) is 0. The molecule has 0 atom stereocenters. The fourth-order valence-corrected chi connectivity index (χ4v) is 7.43. The number of primary amides is 1. The highest BCUT2D eigenvalue weighted by Crippen LogP contribution is 2.68. The number of fused-ring (bicyclic) bond motifs is 2. The Kier molecular flexibility index (Phi) is 6.21. The molecule has 146 valence electrons. The molecular formula is C17H5N5O4S4. The van der Waals surface area contributed by atoms with Crippen molar-refractivity contribution in [1.82, 2.24) is 0 Å². The number of benzene rings is 1. The van der Waals surface area contributed by atoms with Gasteiger partial charge in [0, 0.05) is 6.92 Å². The fourth-order valence-electron chi connectivity index (χ4n) is 2.27. The van der Waals surface area contributed by atoms with E-state index in [-0.39, 0.29) is 22.6 Å². The number of esters is 1. The summed E-state index contributed by atoms with van der Waals surface area (Å²) in [6.07, 6.45) is -1.10. The number of nitrogens with zero attached hydrogens (tertiary/aromatic N) is 4. The second-order valence-electron chi connectivity index (χ2n) is 5.17. The molecule has 0 unspecified atom stereocenters. The van der Waals surface area contributed by atoms with Crippen LogP contribution in [0.2, 0.25) is 0 Å². The smallest absolute Gasteiger partial charge is 0.410 e. The number of hydrogen-bond acceptors (Lipinski definition) is 12. The van der Waals surface area contributed by atoms with E-state index in [9.17, 15) is 30.6 Å². The van der Waals surface area contributed by atoms with Crippen LogP contribution in [0.1, 0.15) is 6.92 Å². The maximum absolute atomic E-state index is 11.7. The number of carbonyl (C=O) groups is 2. The maximum atomic E-state index is 11.7. The topological polar surface area (TPSA) is 174 Å². The van der Waals surface area contributed by atoms with Crippen LogP contribution in [0.15, 0.2) is 39.2 Å². The van der Waals surface area contributed by atoms with E-state index in [2.05, 4.69) is 0 Å². The van der Waals surface area contributed by atoms with E-state index in [1.807, 2.05) is 0 Å². The van der Waals surface area contributed by atoms with Crippen molar-refractivity contribution >= 4 is 59.1 Å². The molecule has 0 saturated heterocycles. The molecule has 9 nitrogen and oxygen atoms in total. The Balaban J connectivity index is 2.33. The van der Waals surface area contributed by atoms with Gasteiger partial charge in [-0.3, -0.25) is 4.79 Å².